The highest BCUT2D eigenvalue weighted by Crippen LogP contribution is 2.15. The van der Waals surface area contributed by atoms with Crippen LogP contribution in [0, 0.1) is 0 Å². The molecule has 30 heavy (non-hydrogen) atoms. The van der Waals surface area contributed by atoms with E-state index in [0.717, 1.165) is 6.42 Å². The fraction of sp³-hybridized carbons (Fsp3) is 0.893. The number of ether oxygens (including phenoxy) is 1. The van der Waals surface area contributed by atoms with Crippen LogP contribution in [-0.2, 0) is 9.53 Å². The predicted molar refractivity (Wildman–Crippen MR) is 133 cm³/mol. The average Bonchev–Trinajstić information content (AvgIpc) is 2.73. The van der Waals surface area contributed by atoms with Gasteiger partial charge < -0.3 is 4.74 Å². The van der Waals surface area contributed by atoms with Crippen molar-refractivity contribution in [2.24, 2.45) is 0 Å². The fourth-order valence-corrected chi connectivity index (χ4v) is 4.08. The van der Waals surface area contributed by atoms with E-state index < -0.39 is 0 Å². The Morgan fingerprint density at radius 1 is 0.533 bits per heavy atom. The van der Waals surface area contributed by atoms with Gasteiger partial charge in [-0.2, -0.15) is 0 Å². The van der Waals surface area contributed by atoms with Crippen LogP contribution < -0.4 is 0 Å². The van der Waals surface area contributed by atoms with E-state index in [2.05, 4.69) is 6.92 Å². The summed E-state index contributed by atoms with van der Waals surface area (Å²) in [4.78, 5) is 10.6. The van der Waals surface area contributed by atoms with Gasteiger partial charge in [-0.3, -0.25) is 4.79 Å². The third-order valence-electron chi connectivity index (χ3n) is 6.05. The van der Waals surface area contributed by atoms with E-state index in [0.29, 0.717) is 0 Å². The first kappa shape index (κ1) is 29.2. The monoisotopic (exact) mass is 422 g/mol. The molecule has 0 aliphatic rings. The Labute approximate surface area is 189 Å². The molecule has 0 N–H and O–H groups in total. The second-order valence-corrected chi connectivity index (χ2v) is 9.19. The van der Waals surface area contributed by atoms with E-state index in [4.69, 9.17) is 4.74 Å². The molecular formula is C28H54O2. The predicted octanol–water partition coefficient (Wildman–Crippen LogP) is 10.1. The average molecular weight is 423 g/mol. The third kappa shape index (κ3) is 27.2. The minimum atomic E-state index is -0.236. The maximum Gasteiger partial charge on any atom is 0.307 e. The molecule has 0 aliphatic carbocycles. The highest BCUT2D eigenvalue weighted by molar-refractivity contribution is 5.66. The Morgan fingerprint density at radius 3 is 1.13 bits per heavy atom. The van der Waals surface area contributed by atoms with Crippen molar-refractivity contribution in [2.45, 2.75) is 162 Å². The van der Waals surface area contributed by atoms with Gasteiger partial charge in [0.1, 0.15) is 0 Å². The Balaban J connectivity index is 3.03. The van der Waals surface area contributed by atoms with Gasteiger partial charge in [-0.05, 0) is 18.9 Å². The van der Waals surface area contributed by atoms with Crippen molar-refractivity contribution in [3.05, 3.63) is 12.3 Å². The number of hydrogen-bond donors (Lipinski definition) is 0. The lowest BCUT2D eigenvalue weighted by molar-refractivity contribution is -0.135. The van der Waals surface area contributed by atoms with Gasteiger partial charge in [0, 0.05) is 6.92 Å². The lowest BCUT2D eigenvalue weighted by atomic mass is 10.0. The van der Waals surface area contributed by atoms with E-state index in [9.17, 15) is 4.79 Å². The Bertz CT molecular complexity index is 362. The number of unbranched alkanes of at least 4 members (excludes halogenated alkanes) is 22. The zero-order valence-corrected chi connectivity index (χ0v) is 20.7. The summed E-state index contributed by atoms with van der Waals surface area (Å²) in [6, 6.07) is 0. The van der Waals surface area contributed by atoms with Crippen molar-refractivity contribution in [1.82, 2.24) is 0 Å². The summed E-state index contributed by atoms with van der Waals surface area (Å²) in [5.74, 6) is -0.236. The second-order valence-electron chi connectivity index (χ2n) is 9.19. The van der Waals surface area contributed by atoms with Gasteiger partial charge in [0.2, 0.25) is 0 Å². The molecule has 0 aliphatic heterocycles. The van der Waals surface area contributed by atoms with Crippen molar-refractivity contribution >= 4 is 5.97 Å². The second kappa shape index (κ2) is 26.2. The standard InChI is InChI=1S/C28H54O2/c1-3-4-5-6-7-8-9-10-11-12-13-14-15-16-17-18-19-20-21-22-23-24-25-26-27-30-28(2)29/h26-27H,3-25H2,1-2H3. The first-order valence-electron chi connectivity index (χ1n) is 13.6. The molecule has 0 amide bonds. The summed E-state index contributed by atoms with van der Waals surface area (Å²) in [7, 11) is 0. The molecule has 0 fully saturated rings. The number of allylic oxidation sites excluding steroid dienone is 1. The van der Waals surface area contributed by atoms with Crippen LogP contribution in [0.25, 0.3) is 0 Å². The summed E-state index contributed by atoms with van der Waals surface area (Å²) in [5, 5.41) is 0. The molecular weight excluding hydrogens is 368 g/mol. The van der Waals surface area contributed by atoms with Gasteiger partial charge in [0.25, 0.3) is 0 Å². The highest BCUT2D eigenvalue weighted by Gasteiger charge is 1.95. The van der Waals surface area contributed by atoms with E-state index in [1.54, 1.807) is 0 Å². The zero-order valence-electron chi connectivity index (χ0n) is 20.7. The third-order valence-corrected chi connectivity index (χ3v) is 6.05. The number of carbonyl (C=O) groups is 1. The highest BCUT2D eigenvalue weighted by atomic mass is 16.5. The molecule has 0 spiro atoms. The van der Waals surface area contributed by atoms with Crippen molar-refractivity contribution in [3.63, 3.8) is 0 Å². The molecule has 0 saturated carbocycles. The van der Waals surface area contributed by atoms with Gasteiger partial charge in [0.15, 0.2) is 0 Å². The minimum Gasteiger partial charge on any atom is -0.435 e. The molecule has 0 unspecified atom stereocenters. The molecule has 0 aromatic carbocycles. The SMILES string of the molecule is CCCCCCCCCCCCCCCCCCCCCCCCC=COC(C)=O. The molecule has 178 valence electrons. The summed E-state index contributed by atoms with van der Waals surface area (Å²) >= 11 is 0. The Hall–Kier alpha value is -0.790. The molecule has 0 radical (unpaired) electrons. The molecule has 0 saturated heterocycles. The number of hydrogen-bond acceptors (Lipinski definition) is 2. The quantitative estimate of drug-likeness (QED) is 0.0878. The Kier molecular flexibility index (Phi) is 25.6. The Morgan fingerprint density at radius 2 is 0.833 bits per heavy atom. The van der Waals surface area contributed by atoms with Crippen LogP contribution in [0.4, 0.5) is 0 Å². The smallest absolute Gasteiger partial charge is 0.307 e. The van der Waals surface area contributed by atoms with E-state index in [1.807, 2.05) is 6.08 Å². The van der Waals surface area contributed by atoms with E-state index in [1.165, 1.54) is 154 Å². The zero-order chi connectivity index (χ0) is 22.0. The lowest BCUT2D eigenvalue weighted by Gasteiger charge is -2.04. The molecule has 0 heterocycles. The fourth-order valence-electron chi connectivity index (χ4n) is 4.08. The summed E-state index contributed by atoms with van der Waals surface area (Å²) in [6.07, 6.45) is 35.8. The summed E-state index contributed by atoms with van der Waals surface area (Å²) in [5.41, 5.74) is 0. The number of rotatable bonds is 24. The van der Waals surface area contributed by atoms with E-state index in [-0.39, 0.29) is 5.97 Å². The minimum absolute atomic E-state index is 0.236. The van der Waals surface area contributed by atoms with Gasteiger partial charge in [0.05, 0.1) is 6.26 Å². The van der Waals surface area contributed by atoms with Gasteiger partial charge in [-0.25, -0.2) is 0 Å². The molecule has 2 heteroatoms. The number of carbonyl (C=O) groups excluding carboxylic acids is 1. The van der Waals surface area contributed by atoms with Gasteiger partial charge in [-0.15, -0.1) is 0 Å². The maximum atomic E-state index is 10.6. The van der Waals surface area contributed by atoms with E-state index >= 15 is 0 Å². The first-order chi connectivity index (χ1) is 14.8. The van der Waals surface area contributed by atoms with Crippen molar-refractivity contribution in [3.8, 4) is 0 Å². The molecule has 0 bridgehead atoms. The van der Waals surface area contributed by atoms with Crippen LogP contribution in [0.15, 0.2) is 12.3 Å². The lowest BCUT2D eigenvalue weighted by Crippen LogP contribution is -1.89. The van der Waals surface area contributed by atoms with Crippen LogP contribution >= 0.6 is 0 Å². The van der Waals surface area contributed by atoms with Crippen molar-refractivity contribution in [2.75, 3.05) is 0 Å². The topological polar surface area (TPSA) is 26.3 Å². The van der Waals surface area contributed by atoms with Crippen LogP contribution in [0.5, 0.6) is 0 Å². The molecule has 0 aromatic heterocycles. The molecule has 0 atom stereocenters. The van der Waals surface area contributed by atoms with Crippen LogP contribution in [0.2, 0.25) is 0 Å². The largest absolute Gasteiger partial charge is 0.435 e. The normalized spacial score (nSPS) is 11.4. The molecule has 2 nitrogen and oxygen atoms in total. The van der Waals surface area contributed by atoms with Gasteiger partial charge in [-0.1, -0.05) is 142 Å². The molecule has 0 rings (SSSR count). The number of esters is 1. The van der Waals surface area contributed by atoms with Crippen LogP contribution in [0.3, 0.4) is 0 Å². The summed E-state index contributed by atoms with van der Waals surface area (Å²) < 4.78 is 4.77. The van der Waals surface area contributed by atoms with Crippen LogP contribution in [-0.4, -0.2) is 5.97 Å². The molecule has 0 aromatic rings. The first-order valence-corrected chi connectivity index (χ1v) is 13.6. The maximum absolute atomic E-state index is 10.6. The van der Waals surface area contributed by atoms with Crippen molar-refractivity contribution < 1.29 is 9.53 Å². The van der Waals surface area contributed by atoms with Gasteiger partial charge >= 0.3 is 5.97 Å². The summed E-state index contributed by atoms with van der Waals surface area (Å²) in [6.45, 7) is 3.73. The van der Waals surface area contributed by atoms with Crippen LogP contribution in [0.1, 0.15) is 162 Å². The van der Waals surface area contributed by atoms with Crippen molar-refractivity contribution in [1.29, 1.82) is 0 Å².